The van der Waals surface area contributed by atoms with Crippen LogP contribution < -0.4 is 20.7 Å². The molecule has 200 valence electrons. The van der Waals surface area contributed by atoms with Gasteiger partial charge < -0.3 is 31.1 Å². The fourth-order valence-corrected chi connectivity index (χ4v) is 4.70. The van der Waals surface area contributed by atoms with Gasteiger partial charge in [-0.1, -0.05) is 6.07 Å². The third-order valence-electron chi connectivity index (χ3n) is 6.34. The van der Waals surface area contributed by atoms with E-state index in [4.69, 9.17) is 0 Å². The number of pyridine rings is 1. The summed E-state index contributed by atoms with van der Waals surface area (Å²) >= 11 is 0. The van der Waals surface area contributed by atoms with Crippen LogP contribution in [0.1, 0.15) is 36.9 Å². The number of piperidine rings is 1. The Bertz CT molecular complexity index is 1070. The van der Waals surface area contributed by atoms with Crippen LogP contribution in [-0.4, -0.2) is 97.0 Å². The molecule has 0 aromatic carbocycles. The van der Waals surface area contributed by atoms with E-state index in [0.717, 1.165) is 37.2 Å². The van der Waals surface area contributed by atoms with Gasteiger partial charge in [-0.3, -0.25) is 4.79 Å². The van der Waals surface area contributed by atoms with Gasteiger partial charge in [0.1, 0.15) is 5.82 Å². The van der Waals surface area contributed by atoms with Crippen molar-refractivity contribution in [2.24, 2.45) is 0 Å². The molecule has 13 nitrogen and oxygen atoms in total. The SMILES string of the molecule is CS(=O)(=O)NCC(=O)NC(C(=O)O)C1(O)CCN(C(=O)NCCCc2ccc3c(n2)NCCC3)CC1. The smallest absolute Gasteiger partial charge is 0.329 e. The molecule has 36 heavy (non-hydrogen) atoms. The van der Waals surface area contributed by atoms with Crippen molar-refractivity contribution >= 4 is 33.7 Å². The van der Waals surface area contributed by atoms with Crippen molar-refractivity contribution in [1.29, 1.82) is 0 Å². The molecule has 1 atom stereocenters. The standard InChI is InChI=1S/C22H34N6O7S/c1-36(34,35)25-14-17(29)27-18(20(30)31)22(33)8-12-28(13-9-22)21(32)24-11-3-5-16-7-6-15-4-2-10-23-19(15)26-16/h6-7,18,25,33H,2-5,8-14H2,1H3,(H,23,26)(H,24,32)(H,27,29)(H,30,31). The summed E-state index contributed by atoms with van der Waals surface area (Å²) in [5.74, 6) is -1.40. The first kappa shape index (κ1) is 27.6. The van der Waals surface area contributed by atoms with Crippen LogP contribution in [-0.2, 0) is 32.5 Å². The van der Waals surface area contributed by atoms with Gasteiger partial charge in [0, 0.05) is 31.9 Å². The summed E-state index contributed by atoms with van der Waals surface area (Å²) in [6, 6.07) is 2.14. The van der Waals surface area contributed by atoms with Gasteiger partial charge in [-0.25, -0.2) is 27.7 Å². The van der Waals surface area contributed by atoms with Crippen LogP contribution in [0, 0.1) is 0 Å². The van der Waals surface area contributed by atoms with Crippen molar-refractivity contribution < 1.29 is 33.0 Å². The maximum absolute atomic E-state index is 12.5. The predicted molar refractivity (Wildman–Crippen MR) is 131 cm³/mol. The number of amides is 3. The number of hydrogen-bond donors (Lipinski definition) is 6. The van der Waals surface area contributed by atoms with E-state index in [1.807, 2.05) is 10.8 Å². The number of aliphatic carboxylic acids is 1. The van der Waals surface area contributed by atoms with Gasteiger partial charge in [-0.15, -0.1) is 0 Å². The third-order valence-corrected chi connectivity index (χ3v) is 7.01. The number of nitrogens with zero attached hydrogens (tertiary/aromatic N) is 2. The number of carbonyl (C=O) groups excluding carboxylic acids is 2. The fraction of sp³-hybridized carbons (Fsp3) is 0.636. The zero-order chi connectivity index (χ0) is 26.3. The summed E-state index contributed by atoms with van der Waals surface area (Å²) in [6.07, 6.45) is 4.27. The summed E-state index contributed by atoms with van der Waals surface area (Å²) in [7, 11) is -3.64. The molecule has 0 spiro atoms. The molecule has 1 aromatic heterocycles. The predicted octanol–water partition coefficient (Wildman–Crippen LogP) is -0.973. The summed E-state index contributed by atoms with van der Waals surface area (Å²) in [5.41, 5.74) is 0.391. The van der Waals surface area contributed by atoms with Gasteiger partial charge in [-0.2, -0.15) is 0 Å². The number of rotatable bonds is 10. The van der Waals surface area contributed by atoms with E-state index >= 15 is 0 Å². The molecule has 6 N–H and O–H groups in total. The molecule has 1 saturated heterocycles. The van der Waals surface area contributed by atoms with Crippen molar-refractivity contribution in [2.45, 2.75) is 50.2 Å². The molecule has 1 fully saturated rings. The normalized spacial score (nSPS) is 17.9. The number of sulfonamides is 1. The Morgan fingerprint density at radius 2 is 1.97 bits per heavy atom. The van der Waals surface area contributed by atoms with Gasteiger partial charge in [0.05, 0.1) is 18.4 Å². The second-order valence-electron chi connectivity index (χ2n) is 9.20. The first-order chi connectivity index (χ1) is 17.0. The summed E-state index contributed by atoms with van der Waals surface area (Å²) in [4.78, 5) is 42.4. The van der Waals surface area contributed by atoms with E-state index in [-0.39, 0.29) is 32.0 Å². The monoisotopic (exact) mass is 526 g/mol. The summed E-state index contributed by atoms with van der Waals surface area (Å²) in [5, 5.41) is 28.7. The molecule has 3 heterocycles. The van der Waals surface area contributed by atoms with Crippen LogP contribution in [0.4, 0.5) is 10.6 Å². The molecule has 1 aromatic rings. The average Bonchev–Trinajstić information content (AvgIpc) is 2.83. The molecule has 14 heteroatoms. The summed E-state index contributed by atoms with van der Waals surface area (Å²) < 4.78 is 24.2. The quantitative estimate of drug-likeness (QED) is 0.208. The number of aromatic nitrogens is 1. The molecule has 3 rings (SSSR count). The molecular formula is C22H34N6O7S. The molecule has 0 radical (unpaired) electrons. The summed E-state index contributed by atoms with van der Waals surface area (Å²) in [6.45, 7) is 0.908. The zero-order valence-corrected chi connectivity index (χ0v) is 21.1. The molecule has 0 bridgehead atoms. The second kappa shape index (κ2) is 11.8. The lowest BCUT2D eigenvalue weighted by Crippen LogP contribution is -2.62. The van der Waals surface area contributed by atoms with E-state index in [2.05, 4.69) is 27.0 Å². The first-order valence-electron chi connectivity index (χ1n) is 11.9. The highest BCUT2D eigenvalue weighted by Crippen LogP contribution is 2.26. The molecule has 2 aliphatic rings. The number of carbonyl (C=O) groups is 3. The van der Waals surface area contributed by atoms with E-state index in [9.17, 15) is 33.0 Å². The Hall–Kier alpha value is -2.97. The number of nitrogens with one attached hydrogen (secondary N) is 4. The number of aryl methyl sites for hydroxylation is 2. The minimum absolute atomic E-state index is 0.0663. The zero-order valence-electron chi connectivity index (χ0n) is 20.2. The molecule has 2 aliphatic heterocycles. The number of likely N-dealkylation sites (tertiary alicyclic amines) is 1. The lowest BCUT2D eigenvalue weighted by molar-refractivity contribution is -0.152. The van der Waals surface area contributed by atoms with Crippen molar-refractivity contribution in [1.82, 2.24) is 25.2 Å². The van der Waals surface area contributed by atoms with Crippen molar-refractivity contribution in [2.75, 3.05) is 44.3 Å². The van der Waals surface area contributed by atoms with E-state index in [1.165, 1.54) is 10.5 Å². The highest BCUT2D eigenvalue weighted by atomic mass is 32.2. The fourth-order valence-electron chi connectivity index (χ4n) is 4.30. The maximum Gasteiger partial charge on any atom is 0.329 e. The largest absolute Gasteiger partial charge is 0.480 e. The van der Waals surface area contributed by atoms with Crippen LogP contribution >= 0.6 is 0 Å². The minimum Gasteiger partial charge on any atom is -0.480 e. The topological polar surface area (TPSA) is 190 Å². The first-order valence-corrected chi connectivity index (χ1v) is 13.8. The number of anilines is 1. The molecule has 3 amide bonds. The number of fused-ring (bicyclic) bond motifs is 1. The number of carboxylic acid groups (broad SMARTS) is 1. The highest BCUT2D eigenvalue weighted by molar-refractivity contribution is 7.88. The second-order valence-corrected chi connectivity index (χ2v) is 11.0. The molecule has 0 aliphatic carbocycles. The number of aliphatic hydroxyl groups is 1. The molecular weight excluding hydrogens is 492 g/mol. The molecule has 0 saturated carbocycles. The molecule has 1 unspecified atom stereocenters. The Kier molecular flexibility index (Phi) is 9.08. The number of urea groups is 1. The van der Waals surface area contributed by atoms with Crippen molar-refractivity contribution in [3.05, 3.63) is 23.4 Å². The van der Waals surface area contributed by atoms with Crippen molar-refractivity contribution in [3.63, 3.8) is 0 Å². The van der Waals surface area contributed by atoms with E-state index in [1.54, 1.807) is 0 Å². The maximum atomic E-state index is 12.5. The van der Waals surface area contributed by atoms with Crippen LogP contribution in [0.2, 0.25) is 0 Å². The van der Waals surface area contributed by atoms with Crippen LogP contribution in [0.25, 0.3) is 0 Å². The van der Waals surface area contributed by atoms with Crippen LogP contribution in [0.15, 0.2) is 12.1 Å². The number of carboxylic acids is 1. The minimum atomic E-state index is -3.64. The Balaban J connectivity index is 1.43. The lowest BCUT2D eigenvalue weighted by Gasteiger charge is -2.41. The van der Waals surface area contributed by atoms with Crippen LogP contribution in [0.5, 0.6) is 0 Å². The van der Waals surface area contributed by atoms with Gasteiger partial charge in [0.15, 0.2) is 6.04 Å². The number of hydrogen-bond acceptors (Lipinski definition) is 8. The van der Waals surface area contributed by atoms with E-state index < -0.39 is 40.1 Å². The highest BCUT2D eigenvalue weighted by Gasteiger charge is 2.45. The van der Waals surface area contributed by atoms with Gasteiger partial charge >= 0.3 is 12.0 Å². The Morgan fingerprint density at radius 1 is 1.25 bits per heavy atom. The van der Waals surface area contributed by atoms with Gasteiger partial charge in [0.2, 0.25) is 15.9 Å². The van der Waals surface area contributed by atoms with E-state index in [0.29, 0.717) is 19.4 Å². The average molecular weight is 527 g/mol. The Labute approximate surface area is 210 Å². The lowest BCUT2D eigenvalue weighted by atomic mass is 9.84. The van der Waals surface area contributed by atoms with Crippen LogP contribution in [0.3, 0.4) is 0 Å². The van der Waals surface area contributed by atoms with Gasteiger partial charge in [0.25, 0.3) is 0 Å². The van der Waals surface area contributed by atoms with Crippen molar-refractivity contribution in [3.8, 4) is 0 Å². The third kappa shape index (κ3) is 7.77. The Morgan fingerprint density at radius 3 is 2.64 bits per heavy atom. The van der Waals surface area contributed by atoms with Gasteiger partial charge in [-0.05, 0) is 50.2 Å².